The molecule has 0 saturated heterocycles. The van der Waals surface area contributed by atoms with E-state index >= 15 is 0 Å². The lowest BCUT2D eigenvalue weighted by molar-refractivity contribution is 0.0600. The molecule has 19 heavy (non-hydrogen) atoms. The van der Waals surface area contributed by atoms with Crippen LogP contribution in [0.25, 0.3) is 11.4 Å². The Balaban J connectivity index is 2.35. The number of hydrogen-bond donors (Lipinski definition) is 0. The molecule has 98 valence electrons. The lowest BCUT2D eigenvalue weighted by atomic mass is 10.1. The summed E-state index contributed by atoms with van der Waals surface area (Å²) in [6.07, 6.45) is 2.35. The summed E-state index contributed by atoms with van der Waals surface area (Å²) in [7, 11) is 1.29. The second-order valence-corrected chi connectivity index (χ2v) is 4.30. The lowest BCUT2D eigenvalue weighted by Gasteiger charge is -2.05. The zero-order chi connectivity index (χ0) is 13.8. The largest absolute Gasteiger partial charge is 0.465 e. The molecule has 1 aromatic carbocycles. The number of aryl methyl sites for hydroxylation is 1. The number of esters is 1. The highest BCUT2D eigenvalue weighted by Crippen LogP contribution is 2.20. The van der Waals surface area contributed by atoms with Crippen molar-refractivity contribution < 1.29 is 9.53 Å². The summed E-state index contributed by atoms with van der Waals surface area (Å²) < 4.78 is 4.59. The Morgan fingerprint density at radius 1 is 1.32 bits per heavy atom. The molecule has 0 bridgehead atoms. The van der Waals surface area contributed by atoms with Crippen molar-refractivity contribution in [2.45, 2.75) is 13.3 Å². The molecule has 0 saturated carbocycles. The van der Waals surface area contributed by atoms with Crippen molar-refractivity contribution in [3.8, 4) is 11.4 Å². The number of carbonyl (C=O) groups excluding carboxylic acids is 1. The number of rotatable bonds is 3. The van der Waals surface area contributed by atoms with Gasteiger partial charge in [-0.2, -0.15) is 0 Å². The summed E-state index contributed by atoms with van der Waals surface area (Å²) in [5, 5.41) is 0.0939. The van der Waals surface area contributed by atoms with Crippen LogP contribution in [0.5, 0.6) is 0 Å². The van der Waals surface area contributed by atoms with E-state index in [0.29, 0.717) is 5.82 Å². The van der Waals surface area contributed by atoms with Gasteiger partial charge in [-0.05, 0) is 12.0 Å². The summed E-state index contributed by atoms with van der Waals surface area (Å²) in [5.41, 5.74) is 2.26. The van der Waals surface area contributed by atoms with Gasteiger partial charge >= 0.3 is 5.97 Å². The van der Waals surface area contributed by atoms with E-state index < -0.39 is 5.97 Å². The van der Waals surface area contributed by atoms with Gasteiger partial charge in [0.1, 0.15) is 10.7 Å². The first-order valence-electron chi connectivity index (χ1n) is 5.86. The molecule has 1 heterocycles. The van der Waals surface area contributed by atoms with Gasteiger partial charge in [0, 0.05) is 11.8 Å². The zero-order valence-corrected chi connectivity index (χ0v) is 11.4. The number of ether oxygens (including phenoxy) is 1. The van der Waals surface area contributed by atoms with Gasteiger partial charge in [-0.15, -0.1) is 0 Å². The van der Waals surface area contributed by atoms with Crippen molar-refractivity contribution in [1.29, 1.82) is 0 Å². The van der Waals surface area contributed by atoms with Gasteiger partial charge in [0.2, 0.25) is 0 Å². The fraction of sp³-hybridized carbons (Fsp3) is 0.214. The molecule has 0 N–H and O–H groups in total. The molecule has 2 rings (SSSR count). The van der Waals surface area contributed by atoms with Crippen LogP contribution >= 0.6 is 11.6 Å². The predicted octanol–water partition coefficient (Wildman–Crippen LogP) is 3.15. The maximum absolute atomic E-state index is 11.4. The van der Waals surface area contributed by atoms with E-state index in [1.54, 1.807) is 0 Å². The predicted molar refractivity (Wildman–Crippen MR) is 73.2 cm³/mol. The molecule has 0 radical (unpaired) electrons. The third-order valence-electron chi connectivity index (χ3n) is 2.77. The monoisotopic (exact) mass is 276 g/mol. The summed E-state index contributed by atoms with van der Waals surface area (Å²) in [4.78, 5) is 19.6. The third kappa shape index (κ3) is 2.90. The molecule has 1 aromatic heterocycles. The smallest absolute Gasteiger partial charge is 0.342 e. The number of halogens is 1. The van der Waals surface area contributed by atoms with E-state index in [2.05, 4.69) is 21.6 Å². The molecule has 0 fully saturated rings. The Morgan fingerprint density at radius 3 is 2.53 bits per heavy atom. The van der Waals surface area contributed by atoms with E-state index in [0.717, 1.165) is 12.0 Å². The molecular weight excluding hydrogens is 264 g/mol. The molecule has 5 heteroatoms. The van der Waals surface area contributed by atoms with Gasteiger partial charge in [0.05, 0.1) is 7.11 Å². The number of nitrogens with zero attached hydrogens (tertiary/aromatic N) is 2. The maximum atomic E-state index is 11.4. The third-order valence-corrected chi connectivity index (χ3v) is 3.06. The molecule has 0 unspecified atom stereocenters. The van der Waals surface area contributed by atoms with Gasteiger partial charge in [0.15, 0.2) is 5.82 Å². The highest BCUT2D eigenvalue weighted by molar-refractivity contribution is 6.32. The Bertz CT molecular complexity index is 597. The SMILES string of the molecule is CCc1ccc(-c2ncc(C(=O)OC)c(Cl)n2)cc1. The number of carbonyl (C=O) groups is 1. The normalized spacial score (nSPS) is 10.3. The van der Waals surface area contributed by atoms with Crippen LogP contribution in [0.3, 0.4) is 0 Å². The topological polar surface area (TPSA) is 52.1 Å². The molecule has 0 amide bonds. The molecule has 2 aromatic rings. The second-order valence-electron chi connectivity index (χ2n) is 3.94. The molecule has 4 nitrogen and oxygen atoms in total. The average molecular weight is 277 g/mol. The van der Waals surface area contributed by atoms with Crippen molar-refractivity contribution in [1.82, 2.24) is 9.97 Å². The lowest BCUT2D eigenvalue weighted by Crippen LogP contribution is -2.05. The number of methoxy groups -OCH3 is 1. The van der Waals surface area contributed by atoms with Gasteiger partial charge in [0.25, 0.3) is 0 Å². The van der Waals surface area contributed by atoms with Crippen LogP contribution in [-0.4, -0.2) is 23.0 Å². The number of hydrogen-bond acceptors (Lipinski definition) is 4. The van der Waals surface area contributed by atoms with Crippen LogP contribution in [0.2, 0.25) is 5.15 Å². The van der Waals surface area contributed by atoms with Gasteiger partial charge < -0.3 is 4.74 Å². The van der Waals surface area contributed by atoms with Gasteiger partial charge in [-0.3, -0.25) is 0 Å². The van der Waals surface area contributed by atoms with Crippen LogP contribution in [-0.2, 0) is 11.2 Å². The number of benzene rings is 1. The average Bonchev–Trinajstić information content (AvgIpc) is 2.46. The standard InChI is InChI=1S/C14H13ClN2O2/c1-3-9-4-6-10(7-5-9)13-16-8-11(12(15)17-13)14(18)19-2/h4-8H,3H2,1-2H3. The molecule has 0 atom stereocenters. The fourth-order valence-corrected chi connectivity index (χ4v) is 1.84. The Labute approximate surface area is 116 Å². The quantitative estimate of drug-likeness (QED) is 0.638. The minimum Gasteiger partial charge on any atom is -0.465 e. The summed E-state index contributed by atoms with van der Waals surface area (Å²) in [6.45, 7) is 2.09. The Kier molecular flexibility index (Phi) is 4.12. The molecular formula is C14H13ClN2O2. The Morgan fingerprint density at radius 2 is 2.00 bits per heavy atom. The van der Waals surface area contributed by atoms with Crippen LogP contribution in [0.15, 0.2) is 30.5 Å². The van der Waals surface area contributed by atoms with Gasteiger partial charge in [-0.25, -0.2) is 14.8 Å². The minimum atomic E-state index is -0.544. The second kappa shape index (κ2) is 5.80. The van der Waals surface area contributed by atoms with Crippen molar-refractivity contribution in [2.75, 3.05) is 7.11 Å². The van der Waals surface area contributed by atoms with E-state index in [9.17, 15) is 4.79 Å². The van der Waals surface area contributed by atoms with E-state index in [4.69, 9.17) is 11.6 Å². The van der Waals surface area contributed by atoms with Crippen LogP contribution in [0.1, 0.15) is 22.8 Å². The summed E-state index contributed by atoms with van der Waals surface area (Å²) >= 11 is 5.96. The van der Waals surface area contributed by atoms with Crippen LogP contribution < -0.4 is 0 Å². The molecule has 0 aliphatic heterocycles. The van der Waals surface area contributed by atoms with Crippen molar-refractivity contribution in [2.24, 2.45) is 0 Å². The van der Waals surface area contributed by atoms with E-state index in [1.807, 2.05) is 24.3 Å². The molecule has 0 aliphatic rings. The summed E-state index contributed by atoms with van der Waals surface area (Å²) in [6, 6.07) is 7.90. The Hall–Kier alpha value is -1.94. The highest BCUT2D eigenvalue weighted by Gasteiger charge is 2.14. The first kappa shape index (κ1) is 13.5. The fourth-order valence-electron chi connectivity index (χ4n) is 1.64. The van der Waals surface area contributed by atoms with E-state index in [1.165, 1.54) is 18.9 Å². The zero-order valence-electron chi connectivity index (χ0n) is 10.7. The van der Waals surface area contributed by atoms with E-state index in [-0.39, 0.29) is 10.7 Å². The van der Waals surface area contributed by atoms with Crippen LogP contribution in [0.4, 0.5) is 0 Å². The van der Waals surface area contributed by atoms with Crippen molar-refractivity contribution >= 4 is 17.6 Å². The molecule has 0 spiro atoms. The van der Waals surface area contributed by atoms with Crippen molar-refractivity contribution in [3.63, 3.8) is 0 Å². The summed E-state index contributed by atoms with van der Waals surface area (Å²) in [5.74, 6) is -0.0572. The highest BCUT2D eigenvalue weighted by atomic mass is 35.5. The van der Waals surface area contributed by atoms with Crippen molar-refractivity contribution in [3.05, 3.63) is 46.7 Å². The van der Waals surface area contributed by atoms with Gasteiger partial charge in [-0.1, -0.05) is 42.8 Å². The first-order valence-corrected chi connectivity index (χ1v) is 6.23. The maximum Gasteiger partial charge on any atom is 0.342 e. The minimum absolute atomic E-state index is 0.0939. The number of aromatic nitrogens is 2. The molecule has 0 aliphatic carbocycles. The van der Waals surface area contributed by atoms with Crippen LogP contribution in [0, 0.1) is 0 Å². The first-order chi connectivity index (χ1) is 9.15.